The van der Waals surface area contributed by atoms with Crippen LogP contribution < -0.4 is 16.0 Å². The van der Waals surface area contributed by atoms with Gasteiger partial charge in [0.25, 0.3) is 0 Å². The van der Waals surface area contributed by atoms with Gasteiger partial charge in [-0.25, -0.2) is 4.98 Å². The van der Waals surface area contributed by atoms with Crippen LogP contribution in [-0.2, 0) is 15.0 Å². The summed E-state index contributed by atoms with van der Waals surface area (Å²) in [6, 6.07) is 23.4. The van der Waals surface area contributed by atoms with Crippen molar-refractivity contribution in [3.8, 4) is 0 Å². The van der Waals surface area contributed by atoms with Gasteiger partial charge < -0.3 is 20.9 Å². The van der Waals surface area contributed by atoms with Crippen LogP contribution in [0.1, 0.15) is 60.1 Å². The number of rotatable bonds is 7. The summed E-state index contributed by atoms with van der Waals surface area (Å²) in [7, 11) is 0. The minimum atomic E-state index is -0.673. The molecule has 5 rings (SSSR count). The highest BCUT2D eigenvalue weighted by molar-refractivity contribution is 5.92. The SMILES string of the molecule is CC(NC(=O)C1(c2ccccc2)CCN(C(=O)C2CCN(c3ccc(C(N)=O)cn3)CC2)CC1)c1ccccc1. The second kappa shape index (κ2) is 11.9. The van der Waals surface area contributed by atoms with Crippen LogP contribution in [0.15, 0.2) is 79.0 Å². The molecule has 8 heteroatoms. The van der Waals surface area contributed by atoms with Crippen molar-refractivity contribution < 1.29 is 14.4 Å². The first kappa shape index (κ1) is 27.4. The zero-order chi connectivity index (χ0) is 28.1. The first-order valence-electron chi connectivity index (χ1n) is 14.1. The number of carbonyl (C=O) groups is 3. The molecule has 3 aromatic rings. The van der Waals surface area contributed by atoms with E-state index in [0.29, 0.717) is 31.5 Å². The number of benzene rings is 2. The quantitative estimate of drug-likeness (QED) is 0.474. The van der Waals surface area contributed by atoms with Gasteiger partial charge in [-0.2, -0.15) is 0 Å². The molecule has 3 amide bonds. The van der Waals surface area contributed by atoms with Crippen molar-refractivity contribution in [2.75, 3.05) is 31.1 Å². The van der Waals surface area contributed by atoms with Gasteiger partial charge in [0.15, 0.2) is 0 Å². The number of nitrogens with one attached hydrogen (secondary N) is 1. The first-order valence-corrected chi connectivity index (χ1v) is 14.1. The van der Waals surface area contributed by atoms with Crippen LogP contribution in [0.5, 0.6) is 0 Å². The van der Waals surface area contributed by atoms with Gasteiger partial charge in [0.05, 0.1) is 17.0 Å². The standard InChI is InChI=1S/C32H37N5O3/c1-23(24-8-4-2-5-9-24)35-31(40)32(27-10-6-3-7-11-27)16-20-37(21-17-32)30(39)25-14-18-36(19-15-25)28-13-12-26(22-34-28)29(33)38/h2-13,22-23,25H,14-21H2,1H3,(H2,33,38)(H,35,40). The normalized spacial score (nSPS) is 18.1. The molecular formula is C32H37N5O3. The van der Waals surface area contributed by atoms with E-state index < -0.39 is 11.3 Å². The zero-order valence-electron chi connectivity index (χ0n) is 23.0. The van der Waals surface area contributed by atoms with Crippen molar-refractivity contribution in [2.24, 2.45) is 11.7 Å². The molecular weight excluding hydrogens is 502 g/mol. The maximum Gasteiger partial charge on any atom is 0.250 e. The van der Waals surface area contributed by atoms with Crippen LogP contribution in [0, 0.1) is 5.92 Å². The molecule has 0 radical (unpaired) electrons. The molecule has 2 aromatic carbocycles. The Morgan fingerprint density at radius 3 is 2.10 bits per heavy atom. The molecule has 0 saturated carbocycles. The number of anilines is 1. The fourth-order valence-electron chi connectivity index (χ4n) is 6.01. The third kappa shape index (κ3) is 5.71. The summed E-state index contributed by atoms with van der Waals surface area (Å²) in [6.45, 7) is 4.56. The van der Waals surface area contributed by atoms with Crippen LogP contribution in [0.3, 0.4) is 0 Å². The summed E-state index contributed by atoms with van der Waals surface area (Å²) in [5.74, 6) is 0.445. The number of hydrogen-bond acceptors (Lipinski definition) is 5. The molecule has 2 aliphatic rings. The van der Waals surface area contributed by atoms with Gasteiger partial charge >= 0.3 is 0 Å². The van der Waals surface area contributed by atoms with Crippen molar-refractivity contribution in [3.05, 3.63) is 95.7 Å². The van der Waals surface area contributed by atoms with Gasteiger partial charge in [-0.15, -0.1) is 0 Å². The average Bonchev–Trinajstić information content (AvgIpc) is 3.01. The van der Waals surface area contributed by atoms with Gasteiger partial charge in [0.1, 0.15) is 5.82 Å². The fourth-order valence-corrected chi connectivity index (χ4v) is 6.01. The van der Waals surface area contributed by atoms with Crippen molar-refractivity contribution >= 4 is 23.5 Å². The molecule has 0 bridgehead atoms. The van der Waals surface area contributed by atoms with Gasteiger partial charge in [-0.1, -0.05) is 60.7 Å². The van der Waals surface area contributed by atoms with Gasteiger partial charge in [-0.05, 0) is 55.9 Å². The lowest BCUT2D eigenvalue weighted by atomic mass is 9.71. The van der Waals surface area contributed by atoms with E-state index in [1.54, 1.807) is 12.1 Å². The maximum absolute atomic E-state index is 13.9. The van der Waals surface area contributed by atoms with E-state index in [1.165, 1.54) is 6.20 Å². The van der Waals surface area contributed by atoms with E-state index in [9.17, 15) is 14.4 Å². The Morgan fingerprint density at radius 1 is 0.900 bits per heavy atom. The number of aromatic nitrogens is 1. The largest absolute Gasteiger partial charge is 0.366 e. The molecule has 2 fully saturated rings. The summed E-state index contributed by atoms with van der Waals surface area (Å²) in [6.07, 6.45) is 4.16. The summed E-state index contributed by atoms with van der Waals surface area (Å²) >= 11 is 0. The Bertz CT molecular complexity index is 1310. The van der Waals surface area contributed by atoms with E-state index in [1.807, 2.05) is 72.5 Å². The molecule has 1 atom stereocenters. The van der Waals surface area contributed by atoms with E-state index in [-0.39, 0.29) is 23.8 Å². The van der Waals surface area contributed by atoms with Gasteiger partial charge in [0, 0.05) is 38.3 Å². The number of pyridine rings is 1. The predicted octanol–water partition coefficient (Wildman–Crippen LogP) is 3.83. The Kier molecular flexibility index (Phi) is 8.14. The molecule has 3 heterocycles. The van der Waals surface area contributed by atoms with Crippen molar-refractivity contribution in [3.63, 3.8) is 0 Å². The Morgan fingerprint density at radius 2 is 1.52 bits per heavy atom. The summed E-state index contributed by atoms with van der Waals surface area (Å²) in [5, 5.41) is 3.26. The molecule has 2 aliphatic heterocycles. The van der Waals surface area contributed by atoms with Crippen LogP contribution in [0.4, 0.5) is 5.82 Å². The zero-order valence-corrected chi connectivity index (χ0v) is 23.0. The molecule has 208 valence electrons. The number of likely N-dealkylation sites (tertiary alicyclic amines) is 1. The topological polar surface area (TPSA) is 109 Å². The number of nitrogens with zero attached hydrogens (tertiary/aromatic N) is 3. The molecule has 40 heavy (non-hydrogen) atoms. The van der Waals surface area contributed by atoms with Crippen molar-refractivity contribution in [1.29, 1.82) is 0 Å². The average molecular weight is 540 g/mol. The minimum absolute atomic E-state index is 0.0188. The second-order valence-corrected chi connectivity index (χ2v) is 10.9. The summed E-state index contributed by atoms with van der Waals surface area (Å²) in [5.41, 5.74) is 7.10. The highest BCUT2D eigenvalue weighted by Crippen LogP contribution is 2.37. The van der Waals surface area contributed by atoms with Crippen LogP contribution in [-0.4, -0.2) is 53.8 Å². The van der Waals surface area contributed by atoms with Crippen molar-refractivity contribution in [2.45, 2.75) is 44.1 Å². The van der Waals surface area contributed by atoms with Crippen molar-refractivity contribution in [1.82, 2.24) is 15.2 Å². The van der Waals surface area contributed by atoms with E-state index >= 15 is 0 Å². The van der Waals surface area contributed by atoms with E-state index in [2.05, 4.69) is 15.2 Å². The maximum atomic E-state index is 13.9. The molecule has 2 saturated heterocycles. The summed E-state index contributed by atoms with van der Waals surface area (Å²) < 4.78 is 0. The fraction of sp³-hybridized carbons (Fsp3) is 0.375. The second-order valence-electron chi connectivity index (χ2n) is 10.9. The number of nitrogens with two attached hydrogens (primary N) is 1. The van der Waals surface area contributed by atoms with Crippen LogP contribution in [0.2, 0.25) is 0 Å². The number of hydrogen-bond donors (Lipinski definition) is 2. The van der Waals surface area contributed by atoms with Gasteiger partial charge in [0.2, 0.25) is 17.7 Å². The minimum Gasteiger partial charge on any atom is -0.366 e. The highest BCUT2D eigenvalue weighted by Gasteiger charge is 2.44. The Balaban J connectivity index is 1.22. The van der Waals surface area contributed by atoms with E-state index in [0.717, 1.165) is 42.9 Å². The lowest BCUT2D eigenvalue weighted by Crippen LogP contribution is -2.54. The predicted molar refractivity (Wildman–Crippen MR) is 155 cm³/mol. The molecule has 1 aromatic heterocycles. The third-order valence-corrected chi connectivity index (χ3v) is 8.54. The summed E-state index contributed by atoms with van der Waals surface area (Å²) in [4.78, 5) is 47.2. The molecule has 0 aliphatic carbocycles. The van der Waals surface area contributed by atoms with E-state index in [4.69, 9.17) is 5.73 Å². The number of carbonyl (C=O) groups excluding carboxylic acids is 3. The molecule has 0 spiro atoms. The molecule has 3 N–H and O–H groups in total. The number of primary amides is 1. The van der Waals surface area contributed by atoms with Gasteiger partial charge in [-0.3, -0.25) is 14.4 Å². The number of piperidine rings is 2. The monoisotopic (exact) mass is 539 g/mol. The Hall–Kier alpha value is -4.20. The Labute approximate surface area is 235 Å². The van der Waals surface area contributed by atoms with Crippen LogP contribution in [0.25, 0.3) is 0 Å². The highest BCUT2D eigenvalue weighted by atomic mass is 16.2. The molecule has 8 nitrogen and oxygen atoms in total. The first-order chi connectivity index (χ1) is 19.4. The lowest BCUT2D eigenvalue weighted by Gasteiger charge is -2.43. The lowest BCUT2D eigenvalue weighted by molar-refractivity contribution is -0.140. The van der Waals surface area contributed by atoms with Crippen LogP contribution >= 0.6 is 0 Å². The molecule has 1 unspecified atom stereocenters. The smallest absolute Gasteiger partial charge is 0.250 e. The third-order valence-electron chi connectivity index (χ3n) is 8.54. The number of amides is 3.